The normalized spacial score (nSPS) is 11.9. The predicted octanol–water partition coefficient (Wildman–Crippen LogP) is 11.4. The number of hydrogen-bond donors (Lipinski definition) is 0. The van der Waals surface area contributed by atoms with Crippen molar-refractivity contribution in [2.24, 2.45) is 0 Å². The molecule has 6 nitrogen and oxygen atoms in total. The minimum Gasteiger partial charge on any atom is -0.461 e. The maximum atomic E-state index is 12.5. The molecule has 0 bridgehead atoms. The van der Waals surface area contributed by atoms with Gasteiger partial charge in [0.25, 0.3) is 0 Å². The first kappa shape index (κ1) is 42.4. The third-order valence-electron chi connectivity index (χ3n) is 8.25. The van der Waals surface area contributed by atoms with E-state index < -0.39 is 18.0 Å². The van der Waals surface area contributed by atoms with E-state index in [9.17, 15) is 14.4 Å². The van der Waals surface area contributed by atoms with Crippen LogP contribution in [0.15, 0.2) is 0 Å². The summed E-state index contributed by atoms with van der Waals surface area (Å²) in [6.07, 6.45) is 31.3. The molecule has 44 heavy (non-hydrogen) atoms. The lowest BCUT2D eigenvalue weighted by molar-refractivity contribution is -0.176. The first-order chi connectivity index (χ1) is 21.4. The standard InChI is InChI=1S/C38H72O6/c1-5-7-9-11-13-15-17-19-21-23-25-27-29-31-36(39)42-33-35(38(41)43-34(3)4)44-37(40)32-30-28-26-24-22-20-18-16-14-12-10-8-6-2/h34-35H,5-33H2,1-4H3. The SMILES string of the molecule is CCCCCCCCCCCCCCCC(=O)OCC(OC(=O)CCCCCCCCCCCCCCC)C(=O)OC(C)C. The summed E-state index contributed by atoms with van der Waals surface area (Å²) in [5.41, 5.74) is 0. The van der Waals surface area contributed by atoms with Gasteiger partial charge in [0.05, 0.1) is 6.10 Å². The Hall–Kier alpha value is -1.59. The fraction of sp³-hybridized carbons (Fsp3) is 0.921. The van der Waals surface area contributed by atoms with Crippen LogP contribution < -0.4 is 0 Å². The lowest BCUT2D eigenvalue weighted by Gasteiger charge is -2.18. The number of carbonyl (C=O) groups is 3. The molecule has 0 radical (unpaired) electrons. The van der Waals surface area contributed by atoms with Crippen LogP contribution in [0.2, 0.25) is 0 Å². The zero-order valence-corrected chi connectivity index (χ0v) is 29.6. The van der Waals surface area contributed by atoms with Gasteiger partial charge in [0.2, 0.25) is 6.10 Å². The van der Waals surface area contributed by atoms with Crippen LogP contribution in [0.3, 0.4) is 0 Å². The highest BCUT2D eigenvalue weighted by atomic mass is 16.6. The highest BCUT2D eigenvalue weighted by molar-refractivity contribution is 5.80. The van der Waals surface area contributed by atoms with E-state index in [-0.39, 0.29) is 25.1 Å². The van der Waals surface area contributed by atoms with E-state index in [1.54, 1.807) is 13.8 Å². The van der Waals surface area contributed by atoms with Gasteiger partial charge in [-0.25, -0.2) is 4.79 Å². The van der Waals surface area contributed by atoms with Gasteiger partial charge >= 0.3 is 17.9 Å². The van der Waals surface area contributed by atoms with E-state index >= 15 is 0 Å². The molecule has 0 saturated heterocycles. The van der Waals surface area contributed by atoms with Gasteiger partial charge in [-0.05, 0) is 26.7 Å². The molecule has 1 atom stereocenters. The molecule has 0 rings (SSSR count). The van der Waals surface area contributed by atoms with Gasteiger partial charge in [-0.1, -0.05) is 168 Å². The predicted molar refractivity (Wildman–Crippen MR) is 183 cm³/mol. The molecule has 0 heterocycles. The Kier molecular flexibility index (Phi) is 31.6. The van der Waals surface area contributed by atoms with Gasteiger partial charge < -0.3 is 14.2 Å². The zero-order valence-electron chi connectivity index (χ0n) is 29.6. The zero-order chi connectivity index (χ0) is 32.5. The van der Waals surface area contributed by atoms with Crippen LogP contribution in [0.25, 0.3) is 0 Å². The second-order valence-corrected chi connectivity index (χ2v) is 13.1. The largest absolute Gasteiger partial charge is 0.461 e. The topological polar surface area (TPSA) is 78.9 Å². The summed E-state index contributed by atoms with van der Waals surface area (Å²) in [6, 6.07) is 0. The minimum absolute atomic E-state index is 0.260. The molecular formula is C38H72O6. The van der Waals surface area contributed by atoms with E-state index in [4.69, 9.17) is 14.2 Å². The van der Waals surface area contributed by atoms with Crippen molar-refractivity contribution >= 4 is 17.9 Å². The minimum atomic E-state index is -1.21. The Morgan fingerprint density at radius 1 is 0.432 bits per heavy atom. The second kappa shape index (κ2) is 32.8. The van der Waals surface area contributed by atoms with Crippen LogP contribution in [0.4, 0.5) is 0 Å². The Balaban J connectivity index is 3.97. The van der Waals surface area contributed by atoms with E-state index in [1.165, 1.54) is 128 Å². The van der Waals surface area contributed by atoms with Crippen molar-refractivity contribution in [3.63, 3.8) is 0 Å². The lowest BCUT2D eigenvalue weighted by Crippen LogP contribution is -2.35. The van der Waals surface area contributed by atoms with E-state index in [0.717, 1.165) is 38.5 Å². The quantitative estimate of drug-likeness (QED) is 0.0410. The third-order valence-corrected chi connectivity index (χ3v) is 8.25. The molecule has 0 aromatic heterocycles. The average Bonchev–Trinajstić information content (AvgIpc) is 2.99. The Bertz CT molecular complexity index is 662. The molecule has 0 aliphatic carbocycles. The highest BCUT2D eigenvalue weighted by Crippen LogP contribution is 2.15. The van der Waals surface area contributed by atoms with Crippen LogP contribution in [-0.2, 0) is 28.6 Å². The molecule has 0 saturated carbocycles. The number of ether oxygens (including phenoxy) is 3. The van der Waals surface area contributed by atoms with E-state index in [2.05, 4.69) is 13.8 Å². The van der Waals surface area contributed by atoms with Crippen molar-refractivity contribution in [2.45, 2.75) is 220 Å². The fourth-order valence-electron chi connectivity index (χ4n) is 5.49. The molecule has 0 aromatic carbocycles. The van der Waals surface area contributed by atoms with Crippen molar-refractivity contribution in [2.75, 3.05) is 6.61 Å². The molecule has 1 unspecified atom stereocenters. The van der Waals surface area contributed by atoms with Crippen molar-refractivity contribution in [1.29, 1.82) is 0 Å². The van der Waals surface area contributed by atoms with E-state index in [1.807, 2.05) is 0 Å². The number of hydrogen-bond acceptors (Lipinski definition) is 6. The van der Waals surface area contributed by atoms with Crippen molar-refractivity contribution in [3.8, 4) is 0 Å². The van der Waals surface area contributed by atoms with Gasteiger partial charge in [-0.15, -0.1) is 0 Å². The van der Waals surface area contributed by atoms with Crippen molar-refractivity contribution in [1.82, 2.24) is 0 Å². The first-order valence-electron chi connectivity index (χ1n) is 19.0. The summed E-state index contributed by atoms with van der Waals surface area (Å²) in [6.45, 7) is 7.71. The smallest absolute Gasteiger partial charge is 0.351 e. The molecule has 260 valence electrons. The maximum Gasteiger partial charge on any atom is 0.351 e. The summed E-state index contributed by atoms with van der Waals surface area (Å²) in [5.74, 6) is -1.46. The number of rotatable bonds is 33. The van der Waals surface area contributed by atoms with Crippen molar-refractivity contribution < 1.29 is 28.6 Å². The van der Waals surface area contributed by atoms with Crippen LogP contribution >= 0.6 is 0 Å². The Morgan fingerprint density at radius 2 is 0.750 bits per heavy atom. The fourth-order valence-corrected chi connectivity index (χ4v) is 5.49. The second-order valence-electron chi connectivity index (χ2n) is 13.1. The Labute approximate surface area is 272 Å². The summed E-state index contributed by atoms with van der Waals surface area (Å²) >= 11 is 0. The van der Waals surface area contributed by atoms with Gasteiger partial charge in [-0.2, -0.15) is 0 Å². The van der Waals surface area contributed by atoms with Crippen molar-refractivity contribution in [3.05, 3.63) is 0 Å². The van der Waals surface area contributed by atoms with Gasteiger partial charge in [0.1, 0.15) is 6.61 Å². The number of carbonyl (C=O) groups excluding carboxylic acids is 3. The molecule has 0 aliphatic heterocycles. The summed E-state index contributed by atoms with van der Waals surface area (Å²) in [5, 5.41) is 0. The molecule has 0 N–H and O–H groups in total. The summed E-state index contributed by atoms with van der Waals surface area (Å²) < 4.78 is 16.0. The molecule has 0 amide bonds. The molecule has 0 aromatic rings. The average molecular weight is 625 g/mol. The molecule has 0 spiro atoms. The summed E-state index contributed by atoms with van der Waals surface area (Å²) in [7, 11) is 0. The van der Waals surface area contributed by atoms with E-state index in [0.29, 0.717) is 6.42 Å². The molecule has 6 heteroatoms. The number of unbranched alkanes of at least 4 members (excludes halogenated alkanes) is 24. The van der Waals surface area contributed by atoms with Gasteiger partial charge in [0.15, 0.2) is 0 Å². The van der Waals surface area contributed by atoms with Crippen LogP contribution in [0.5, 0.6) is 0 Å². The van der Waals surface area contributed by atoms with Gasteiger partial charge in [-0.3, -0.25) is 9.59 Å². The Morgan fingerprint density at radius 3 is 1.09 bits per heavy atom. The monoisotopic (exact) mass is 625 g/mol. The number of esters is 3. The van der Waals surface area contributed by atoms with Crippen LogP contribution in [-0.4, -0.2) is 36.7 Å². The van der Waals surface area contributed by atoms with Gasteiger partial charge in [0, 0.05) is 12.8 Å². The highest BCUT2D eigenvalue weighted by Gasteiger charge is 2.27. The molecule has 0 aliphatic rings. The first-order valence-corrected chi connectivity index (χ1v) is 19.0. The lowest BCUT2D eigenvalue weighted by atomic mass is 10.0. The van der Waals surface area contributed by atoms with Crippen LogP contribution in [0.1, 0.15) is 207 Å². The third kappa shape index (κ3) is 30.4. The molecular weight excluding hydrogens is 552 g/mol. The maximum absolute atomic E-state index is 12.5. The van der Waals surface area contributed by atoms with Crippen LogP contribution in [0, 0.1) is 0 Å². The summed E-state index contributed by atoms with van der Waals surface area (Å²) in [4.78, 5) is 37.2. The molecule has 0 fully saturated rings.